The van der Waals surface area contributed by atoms with Crippen molar-refractivity contribution in [2.24, 2.45) is 17.1 Å². The monoisotopic (exact) mass is 456 g/mol. The molecule has 0 radical (unpaired) electrons. The molecule has 6 nitrogen and oxygen atoms in total. The Morgan fingerprint density at radius 1 is 1.09 bits per heavy atom. The smallest absolute Gasteiger partial charge is 0.323 e. The van der Waals surface area contributed by atoms with Crippen LogP contribution < -0.4 is 11.1 Å². The van der Waals surface area contributed by atoms with E-state index in [4.69, 9.17) is 10.5 Å². The van der Waals surface area contributed by atoms with E-state index in [2.05, 4.69) is 19.2 Å². The number of benzene rings is 1. The van der Waals surface area contributed by atoms with Crippen LogP contribution in [0.1, 0.15) is 77.3 Å². The molecule has 0 amide bonds. The molecule has 0 heterocycles. The highest BCUT2D eigenvalue weighted by Gasteiger charge is 2.37. The third-order valence-corrected chi connectivity index (χ3v) is 5.83. The fraction of sp³-hybridized carbons (Fsp3) is 0.593. The van der Waals surface area contributed by atoms with Gasteiger partial charge in [-0.25, -0.2) is 0 Å². The molecule has 6 heteroatoms. The van der Waals surface area contributed by atoms with Crippen molar-refractivity contribution in [3.05, 3.63) is 46.7 Å². The summed E-state index contributed by atoms with van der Waals surface area (Å²) < 4.78 is 5.33. The number of esters is 1. The molecule has 1 aromatic carbocycles. The van der Waals surface area contributed by atoms with Crippen molar-refractivity contribution >= 4 is 17.5 Å². The lowest BCUT2D eigenvalue weighted by molar-refractivity contribution is -0.146. The number of carbonyl (C=O) groups excluding carboxylic acids is 3. The van der Waals surface area contributed by atoms with Crippen LogP contribution in [0.25, 0.3) is 0 Å². The standard InChI is InChI=1S/C27H40N2O4/c1-18(2)14-22(25-23(30)15-27(4,5)16-24(25)31)29-13-7-6-8-21(28)26(32)33-17-20-11-9-19(3)10-12-20/h9-12,18,21,29H,6-8,13-17,28H2,1-5H3. The second-order valence-corrected chi connectivity index (χ2v) is 10.4. The van der Waals surface area contributed by atoms with Gasteiger partial charge in [0.25, 0.3) is 0 Å². The van der Waals surface area contributed by atoms with Crippen molar-refractivity contribution in [2.75, 3.05) is 6.54 Å². The largest absolute Gasteiger partial charge is 0.460 e. The summed E-state index contributed by atoms with van der Waals surface area (Å²) in [5.74, 6) is -0.185. The van der Waals surface area contributed by atoms with Gasteiger partial charge in [-0.15, -0.1) is 0 Å². The molecule has 1 unspecified atom stereocenters. The number of ketones is 2. The van der Waals surface area contributed by atoms with E-state index in [0.717, 1.165) is 29.7 Å². The van der Waals surface area contributed by atoms with Gasteiger partial charge in [-0.3, -0.25) is 14.4 Å². The Balaban J connectivity index is 1.80. The second-order valence-electron chi connectivity index (χ2n) is 10.4. The van der Waals surface area contributed by atoms with Crippen LogP contribution in [0.3, 0.4) is 0 Å². The summed E-state index contributed by atoms with van der Waals surface area (Å²) in [6.07, 6.45) is 3.51. The molecule has 0 aromatic heterocycles. The average molecular weight is 457 g/mol. The highest BCUT2D eigenvalue weighted by molar-refractivity contribution is 6.22. The lowest BCUT2D eigenvalue weighted by Gasteiger charge is -2.30. The Morgan fingerprint density at radius 3 is 2.27 bits per heavy atom. The Labute approximate surface area is 198 Å². The molecule has 1 saturated carbocycles. The zero-order valence-electron chi connectivity index (χ0n) is 20.8. The summed E-state index contributed by atoms with van der Waals surface area (Å²) in [5, 5.41) is 3.34. The van der Waals surface area contributed by atoms with Crippen LogP contribution in [0.15, 0.2) is 35.5 Å². The highest BCUT2D eigenvalue weighted by atomic mass is 16.5. The molecule has 1 fully saturated rings. The molecule has 2 rings (SSSR count). The van der Waals surface area contributed by atoms with Crippen molar-refractivity contribution in [3.63, 3.8) is 0 Å². The van der Waals surface area contributed by atoms with E-state index < -0.39 is 12.0 Å². The second kappa shape index (κ2) is 12.1. The minimum absolute atomic E-state index is 0.0576. The van der Waals surface area contributed by atoms with E-state index in [-0.39, 0.29) is 23.6 Å². The molecule has 1 atom stereocenters. The Hall–Kier alpha value is -2.47. The summed E-state index contributed by atoms with van der Waals surface area (Å²) in [6.45, 7) is 10.9. The maximum Gasteiger partial charge on any atom is 0.323 e. The zero-order valence-corrected chi connectivity index (χ0v) is 20.8. The van der Waals surface area contributed by atoms with Crippen molar-refractivity contribution < 1.29 is 19.1 Å². The number of unbranched alkanes of at least 4 members (excludes halogenated alkanes) is 1. The van der Waals surface area contributed by atoms with Crippen LogP contribution in [0, 0.1) is 18.3 Å². The SMILES string of the molecule is Cc1ccc(COC(=O)C(N)CCCCNC(CC(C)C)=C2C(=O)CC(C)(C)CC2=O)cc1. The number of aryl methyl sites for hydroxylation is 1. The highest BCUT2D eigenvalue weighted by Crippen LogP contribution is 2.35. The predicted molar refractivity (Wildman–Crippen MR) is 130 cm³/mol. The third-order valence-electron chi connectivity index (χ3n) is 5.83. The Bertz CT molecular complexity index is 847. The van der Waals surface area contributed by atoms with E-state index in [1.807, 2.05) is 45.0 Å². The Morgan fingerprint density at radius 2 is 1.70 bits per heavy atom. The normalized spacial score (nSPS) is 16.6. The van der Waals surface area contributed by atoms with Crippen LogP contribution in [-0.2, 0) is 25.7 Å². The zero-order chi connectivity index (χ0) is 24.6. The van der Waals surface area contributed by atoms with Crippen molar-refractivity contribution in [1.29, 1.82) is 0 Å². The lowest BCUT2D eigenvalue weighted by atomic mass is 9.73. The van der Waals surface area contributed by atoms with E-state index in [9.17, 15) is 14.4 Å². The first-order valence-corrected chi connectivity index (χ1v) is 12.0. The van der Waals surface area contributed by atoms with E-state index >= 15 is 0 Å². The summed E-state index contributed by atoms with van der Waals surface area (Å²) in [6, 6.07) is 7.17. The molecule has 3 N–H and O–H groups in total. The first-order valence-electron chi connectivity index (χ1n) is 12.0. The number of nitrogens with two attached hydrogens (primary N) is 1. The summed E-state index contributed by atoms with van der Waals surface area (Å²) >= 11 is 0. The lowest BCUT2D eigenvalue weighted by Crippen LogP contribution is -2.35. The van der Waals surface area contributed by atoms with Gasteiger partial charge in [0.15, 0.2) is 11.6 Å². The van der Waals surface area contributed by atoms with E-state index in [0.29, 0.717) is 43.7 Å². The van der Waals surface area contributed by atoms with Crippen LogP contribution in [0.5, 0.6) is 0 Å². The van der Waals surface area contributed by atoms with Crippen molar-refractivity contribution in [2.45, 2.75) is 85.8 Å². The van der Waals surface area contributed by atoms with Gasteiger partial charge in [-0.2, -0.15) is 0 Å². The summed E-state index contributed by atoms with van der Waals surface area (Å²) in [7, 11) is 0. The molecular formula is C27H40N2O4. The molecule has 182 valence electrons. The van der Waals surface area contributed by atoms with Crippen LogP contribution in [-0.4, -0.2) is 30.1 Å². The molecule has 0 bridgehead atoms. The molecule has 1 aliphatic carbocycles. The predicted octanol–water partition coefficient (Wildman–Crippen LogP) is 4.38. The van der Waals surface area contributed by atoms with E-state index in [1.165, 1.54) is 0 Å². The van der Waals surface area contributed by atoms with Gasteiger partial charge in [0.1, 0.15) is 12.6 Å². The fourth-order valence-corrected chi connectivity index (χ4v) is 4.06. The van der Waals surface area contributed by atoms with Gasteiger partial charge >= 0.3 is 5.97 Å². The number of Topliss-reactive ketones (excluding diaryl/α,β-unsaturated/α-hetero) is 2. The number of hydrogen-bond donors (Lipinski definition) is 2. The molecule has 0 aliphatic heterocycles. The molecule has 33 heavy (non-hydrogen) atoms. The topological polar surface area (TPSA) is 98.5 Å². The van der Waals surface area contributed by atoms with Gasteiger partial charge in [-0.1, -0.05) is 57.5 Å². The number of carbonyl (C=O) groups is 3. The first-order chi connectivity index (χ1) is 15.5. The van der Waals surface area contributed by atoms with Gasteiger partial charge in [0, 0.05) is 25.1 Å². The Kier molecular flexibility index (Phi) is 9.84. The number of nitrogens with one attached hydrogen (secondary N) is 1. The molecule has 0 spiro atoms. The van der Waals surface area contributed by atoms with Crippen LogP contribution in [0.2, 0.25) is 0 Å². The van der Waals surface area contributed by atoms with Crippen molar-refractivity contribution in [1.82, 2.24) is 5.32 Å². The van der Waals surface area contributed by atoms with Gasteiger partial charge in [0.2, 0.25) is 0 Å². The number of hydrogen-bond acceptors (Lipinski definition) is 6. The fourth-order valence-electron chi connectivity index (χ4n) is 4.06. The minimum Gasteiger partial charge on any atom is -0.460 e. The molecular weight excluding hydrogens is 416 g/mol. The molecule has 1 aromatic rings. The van der Waals surface area contributed by atoms with Crippen molar-refractivity contribution in [3.8, 4) is 0 Å². The third kappa shape index (κ3) is 8.77. The summed E-state index contributed by atoms with van der Waals surface area (Å²) in [4.78, 5) is 37.5. The van der Waals surface area contributed by atoms with Crippen LogP contribution in [0.4, 0.5) is 0 Å². The number of rotatable bonds is 11. The number of ether oxygens (including phenoxy) is 1. The van der Waals surface area contributed by atoms with Crippen LogP contribution >= 0.6 is 0 Å². The maximum absolute atomic E-state index is 12.7. The van der Waals surface area contributed by atoms with Gasteiger partial charge in [-0.05, 0) is 49.5 Å². The average Bonchev–Trinajstić information content (AvgIpc) is 2.70. The quantitative estimate of drug-likeness (QED) is 0.222. The first kappa shape index (κ1) is 26.8. The van der Waals surface area contributed by atoms with E-state index in [1.54, 1.807) is 0 Å². The van der Waals surface area contributed by atoms with Gasteiger partial charge < -0.3 is 15.8 Å². The van der Waals surface area contributed by atoms with Gasteiger partial charge in [0.05, 0.1) is 5.57 Å². The maximum atomic E-state index is 12.7. The molecule has 1 aliphatic rings. The summed E-state index contributed by atoms with van der Waals surface area (Å²) in [5.41, 5.74) is 8.94. The minimum atomic E-state index is -0.660. The number of allylic oxidation sites excluding steroid dienone is 2. The molecule has 0 saturated heterocycles.